The van der Waals surface area contributed by atoms with Gasteiger partial charge in [0.1, 0.15) is 5.15 Å². The fourth-order valence-electron chi connectivity index (χ4n) is 1.91. The average molecular weight is 287 g/mol. The molecule has 0 fully saturated rings. The van der Waals surface area contributed by atoms with Crippen molar-refractivity contribution in [2.45, 2.75) is 6.92 Å². The zero-order chi connectivity index (χ0) is 14.1. The summed E-state index contributed by atoms with van der Waals surface area (Å²) in [7, 11) is 0. The Labute approximate surface area is 120 Å². The Morgan fingerprint density at radius 2 is 2.10 bits per heavy atom. The molecule has 0 radical (unpaired) electrons. The number of hydrogen-bond donors (Lipinski definition) is 1. The minimum atomic E-state index is -0.229. The number of carbonyl (C=O) groups excluding carboxylic acids is 1. The van der Waals surface area contributed by atoms with Gasteiger partial charge in [-0.3, -0.25) is 4.79 Å². The quantitative estimate of drug-likeness (QED) is 0.737. The van der Waals surface area contributed by atoms with Crippen LogP contribution in [0.3, 0.4) is 0 Å². The lowest BCUT2D eigenvalue weighted by molar-refractivity contribution is 0.102. The fraction of sp³-hybridized carbons (Fsp3) is 0.0714. The van der Waals surface area contributed by atoms with E-state index in [4.69, 9.17) is 11.6 Å². The van der Waals surface area contributed by atoms with E-state index in [0.717, 1.165) is 11.1 Å². The number of rotatable bonds is 2. The molecule has 0 aliphatic heterocycles. The predicted octanol–water partition coefficient (Wildman–Crippen LogP) is 2.94. The minimum Gasteiger partial charge on any atom is -0.320 e. The molecular formula is C14H11ClN4O. The van der Waals surface area contributed by atoms with Crippen molar-refractivity contribution in [2.75, 3.05) is 5.32 Å². The summed E-state index contributed by atoms with van der Waals surface area (Å²) in [5.74, 6) is -0.229. The third-order valence-electron chi connectivity index (χ3n) is 2.89. The van der Waals surface area contributed by atoms with E-state index >= 15 is 0 Å². The van der Waals surface area contributed by atoms with Crippen molar-refractivity contribution < 1.29 is 4.79 Å². The highest BCUT2D eigenvalue weighted by Gasteiger charge is 2.12. The van der Waals surface area contributed by atoms with Crippen LogP contribution in [0.5, 0.6) is 0 Å². The highest BCUT2D eigenvalue weighted by molar-refractivity contribution is 6.29. The lowest BCUT2D eigenvalue weighted by Crippen LogP contribution is -2.11. The summed E-state index contributed by atoms with van der Waals surface area (Å²) < 4.78 is 1.68. The van der Waals surface area contributed by atoms with E-state index in [0.29, 0.717) is 16.4 Å². The number of carbonyl (C=O) groups is 1. The van der Waals surface area contributed by atoms with Crippen molar-refractivity contribution >= 4 is 28.7 Å². The van der Waals surface area contributed by atoms with Crippen LogP contribution in [0.4, 0.5) is 5.69 Å². The number of hydrogen-bond acceptors (Lipinski definition) is 3. The van der Waals surface area contributed by atoms with Gasteiger partial charge in [0, 0.05) is 6.20 Å². The van der Waals surface area contributed by atoms with Gasteiger partial charge >= 0.3 is 0 Å². The van der Waals surface area contributed by atoms with Crippen LogP contribution in [0.15, 0.2) is 42.9 Å². The van der Waals surface area contributed by atoms with E-state index in [9.17, 15) is 4.79 Å². The van der Waals surface area contributed by atoms with Gasteiger partial charge in [0.25, 0.3) is 5.91 Å². The molecule has 0 spiro atoms. The molecule has 3 heterocycles. The fourth-order valence-corrected chi connectivity index (χ4v) is 2.02. The molecule has 1 N–H and O–H groups in total. The molecule has 0 unspecified atom stereocenters. The molecule has 0 aromatic carbocycles. The Bertz CT molecular complexity index is 779. The van der Waals surface area contributed by atoms with Gasteiger partial charge in [0.2, 0.25) is 0 Å². The maximum absolute atomic E-state index is 12.2. The van der Waals surface area contributed by atoms with Crippen molar-refractivity contribution in [1.29, 1.82) is 0 Å². The molecular weight excluding hydrogens is 276 g/mol. The van der Waals surface area contributed by atoms with E-state index in [1.807, 2.05) is 25.3 Å². The van der Waals surface area contributed by atoms with Gasteiger partial charge in [0.05, 0.1) is 29.2 Å². The van der Waals surface area contributed by atoms with Crippen LogP contribution in [0.2, 0.25) is 5.15 Å². The molecule has 5 nitrogen and oxygen atoms in total. The first kappa shape index (κ1) is 12.6. The number of aromatic nitrogens is 3. The largest absolute Gasteiger partial charge is 0.320 e. The summed E-state index contributed by atoms with van der Waals surface area (Å²) in [6.07, 6.45) is 4.93. The van der Waals surface area contributed by atoms with Crippen LogP contribution < -0.4 is 5.32 Å². The first-order valence-corrected chi connectivity index (χ1v) is 6.38. The average Bonchev–Trinajstić information content (AvgIpc) is 2.84. The summed E-state index contributed by atoms with van der Waals surface area (Å²) in [6, 6.07) is 7.13. The normalized spacial score (nSPS) is 10.7. The van der Waals surface area contributed by atoms with Crippen molar-refractivity contribution in [2.24, 2.45) is 0 Å². The number of anilines is 1. The van der Waals surface area contributed by atoms with Gasteiger partial charge < -0.3 is 5.32 Å². The first-order valence-electron chi connectivity index (χ1n) is 6.00. The topological polar surface area (TPSA) is 59.3 Å². The molecule has 0 aliphatic rings. The van der Waals surface area contributed by atoms with Crippen LogP contribution in [0.25, 0.3) is 5.52 Å². The van der Waals surface area contributed by atoms with E-state index < -0.39 is 0 Å². The van der Waals surface area contributed by atoms with Gasteiger partial charge in [-0.25, -0.2) is 9.50 Å². The number of pyridine rings is 2. The zero-order valence-electron chi connectivity index (χ0n) is 10.7. The predicted molar refractivity (Wildman–Crippen MR) is 77.1 cm³/mol. The third-order valence-corrected chi connectivity index (χ3v) is 3.12. The second kappa shape index (κ2) is 4.94. The van der Waals surface area contributed by atoms with Crippen molar-refractivity contribution in [3.8, 4) is 0 Å². The number of amides is 1. The standard InChI is InChI=1S/C14H11ClN4O/c1-9-2-4-12-11(7-17-19(12)8-9)14(20)18-10-3-5-13(15)16-6-10/h2-8H,1H3,(H,18,20). The summed E-state index contributed by atoms with van der Waals surface area (Å²) in [5.41, 5.74) is 2.94. The number of nitrogens with one attached hydrogen (secondary N) is 1. The second-order valence-electron chi connectivity index (χ2n) is 4.42. The highest BCUT2D eigenvalue weighted by atomic mass is 35.5. The molecule has 1 amide bonds. The van der Waals surface area contributed by atoms with E-state index in [1.54, 1.807) is 22.8 Å². The number of nitrogens with zero attached hydrogens (tertiary/aromatic N) is 3. The maximum atomic E-state index is 12.2. The Hall–Kier alpha value is -2.40. The molecule has 0 atom stereocenters. The lowest BCUT2D eigenvalue weighted by Gasteiger charge is -2.03. The summed E-state index contributed by atoms with van der Waals surface area (Å²) >= 11 is 5.70. The molecule has 0 aliphatic carbocycles. The molecule has 3 rings (SSSR count). The molecule has 0 saturated heterocycles. The van der Waals surface area contributed by atoms with E-state index in [-0.39, 0.29) is 5.91 Å². The van der Waals surface area contributed by atoms with Gasteiger partial charge in [-0.15, -0.1) is 0 Å². The van der Waals surface area contributed by atoms with E-state index in [2.05, 4.69) is 15.4 Å². The minimum absolute atomic E-state index is 0.229. The molecule has 100 valence electrons. The summed E-state index contributed by atoms with van der Waals surface area (Å²) in [5, 5.41) is 7.32. The molecule has 6 heteroatoms. The van der Waals surface area contributed by atoms with E-state index in [1.165, 1.54) is 6.20 Å². The number of fused-ring (bicyclic) bond motifs is 1. The van der Waals surface area contributed by atoms with Crippen molar-refractivity contribution in [1.82, 2.24) is 14.6 Å². The first-order chi connectivity index (χ1) is 9.63. The lowest BCUT2D eigenvalue weighted by atomic mass is 10.2. The Balaban J connectivity index is 1.91. The zero-order valence-corrected chi connectivity index (χ0v) is 11.4. The monoisotopic (exact) mass is 286 g/mol. The smallest absolute Gasteiger partial charge is 0.259 e. The van der Waals surface area contributed by atoms with Crippen LogP contribution in [-0.4, -0.2) is 20.5 Å². The molecule has 3 aromatic heterocycles. The van der Waals surface area contributed by atoms with Gasteiger partial charge in [0.15, 0.2) is 0 Å². The maximum Gasteiger partial charge on any atom is 0.259 e. The molecule has 0 bridgehead atoms. The molecule has 3 aromatic rings. The second-order valence-corrected chi connectivity index (χ2v) is 4.81. The number of halogens is 1. The SMILES string of the molecule is Cc1ccc2c(C(=O)Nc3ccc(Cl)nc3)cnn2c1. The van der Waals surface area contributed by atoms with Crippen LogP contribution >= 0.6 is 11.6 Å². The Kier molecular flexibility index (Phi) is 3.12. The van der Waals surface area contributed by atoms with Gasteiger partial charge in [-0.2, -0.15) is 5.10 Å². The number of aryl methyl sites for hydroxylation is 1. The van der Waals surface area contributed by atoms with Crippen LogP contribution in [0.1, 0.15) is 15.9 Å². The Morgan fingerprint density at radius 1 is 1.25 bits per heavy atom. The molecule has 20 heavy (non-hydrogen) atoms. The summed E-state index contributed by atoms with van der Waals surface area (Å²) in [4.78, 5) is 16.2. The highest BCUT2D eigenvalue weighted by Crippen LogP contribution is 2.15. The Morgan fingerprint density at radius 3 is 2.85 bits per heavy atom. The van der Waals surface area contributed by atoms with Crippen LogP contribution in [0, 0.1) is 6.92 Å². The van der Waals surface area contributed by atoms with Crippen LogP contribution in [-0.2, 0) is 0 Å². The van der Waals surface area contributed by atoms with Gasteiger partial charge in [-0.1, -0.05) is 17.7 Å². The van der Waals surface area contributed by atoms with Crippen molar-refractivity contribution in [3.63, 3.8) is 0 Å². The third kappa shape index (κ3) is 2.35. The summed E-state index contributed by atoms with van der Waals surface area (Å²) in [6.45, 7) is 1.97. The van der Waals surface area contributed by atoms with Gasteiger partial charge in [-0.05, 0) is 30.7 Å². The van der Waals surface area contributed by atoms with Crippen molar-refractivity contribution in [3.05, 3.63) is 59.1 Å². The molecule has 0 saturated carbocycles.